The molecule has 0 amide bonds. The van der Waals surface area contributed by atoms with E-state index >= 15 is 0 Å². The number of nitrogens with zero attached hydrogens (tertiary/aromatic N) is 2. The Hall–Kier alpha value is -1.65. The molecule has 0 bridgehead atoms. The molecule has 0 radical (unpaired) electrons. The van der Waals surface area contributed by atoms with Gasteiger partial charge >= 0.3 is 5.97 Å². The van der Waals surface area contributed by atoms with Crippen molar-refractivity contribution in [3.05, 3.63) is 17.8 Å². The second-order valence-electron chi connectivity index (χ2n) is 4.70. The summed E-state index contributed by atoms with van der Waals surface area (Å²) in [7, 11) is 0. The van der Waals surface area contributed by atoms with Gasteiger partial charge in [-0.3, -0.25) is 4.79 Å². The van der Waals surface area contributed by atoms with Gasteiger partial charge in [-0.05, 0) is 32.4 Å². The molecule has 0 spiro atoms. The zero-order valence-corrected chi connectivity index (χ0v) is 10.5. The van der Waals surface area contributed by atoms with Gasteiger partial charge in [-0.1, -0.05) is 13.3 Å². The Labute approximate surface area is 101 Å². The van der Waals surface area contributed by atoms with Crippen molar-refractivity contribution in [2.75, 3.05) is 11.9 Å². The smallest absolute Gasteiger partial charge is 0.310 e. The zero-order valence-electron chi connectivity index (χ0n) is 10.5. The van der Waals surface area contributed by atoms with Gasteiger partial charge in [0.15, 0.2) is 0 Å². The second kappa shape index (κ2) is 5.61. The molecule has 0 aliphatic heterocycles. The monoisotopic (exact) mass is 237 g/mol. The highest BCUT2D eigenvalue weighted by atomic mass is 16.4. The summed E-state index contributed by atoms with van der Waals surface area (Å²) in [6.07, 6.45) is 1.95. The fourth-order valence-corrected chi connectivity index (χ4v) is 1.23. The number of rotatable bonds is 6. The van der Waals surface area contributed by atoms with E-state index in [-0.39, 0.29) is 0 Å². The third-order valence-electron chi connectivity index (χ3n) is 2.52. The Bertz CT molecular complexity index is 374. The van der Waals surface area contributed by atoms with Crippen LogP contribution in [0.4, 0.5) is 5.82 Å². The molecule has 5 heteroatoms. The standard InChI is InChI=1S/C12H19N3O2/c1-4-5-9-6-7-10(15-14-9)13-8-12(2,3)11(16)17/h6-7H,4-5,8H2,1-3H3,(H,13,15)(H,16,17). The number of hydrogen-bond acceptors (Lipinski definition) is 4. The van der Waals surface area contributed by atoms with Crippen LogP contribution in [-0.4, -0.2) is 27.8 Å². The van der Waals surface area contributed by atoms with E-state index in [1.807, 2.05) is 12.1 Å². The zero-order chi connectivity index (χ0) is 12.9. The van der Waals surface area contributed by atoms with Crippen LogP contribution in [0.5, 0.6) is 0 Å². The van der Waals surface area contributed by atoms with Gasteiger partial charge in [-0.15, -0.1) is 5.10 Å². The topological polar surface area (TPSA) is 75.1 Å². The Morgan fingerprint density at radius 2 is 2.12 bits per heavy atom. The predicted molar refractivity (Wildman–Crippen MR) is 65.9 cm³/mol. The van der Waals surface area contributed by atoms with E-state index in [9.17, 15) is 4.79 Å². The van der Waals surface area contributed by atoms with Crippen molar-refractivity contribution in [2.24, 2.45) is 5.41 Å². The van der Waals surface area contributed by atoms with Crippen LogP contribution >= 0.6 is 0 Å². The molecule has 1 heterocycles. The van der Waals surface area contributed by atoms with Crippen LogP contribution in [0.15, 0.2) is 12.1 Å². The number of hydrogen-bond donors (Lipinski definition) is 2. The second-order valence-corrected chi connectivity index (χ2v) is 4.70. The van der Waals surface area contributed by atoms with Gasteiger partial charge in [-0.2, -0.15) is 5.10 Å². The molecule has 1 aromatic heterocycles. The third kappa shape index (κ3) is 4.01. The van der Waals surface area contributed by atoms with Crippen LogP contribution in [0.25, 0.3) is 0 Å². The molecule has 0 unspecified atom stereocenters. The number of aliphatic carboxylic acids is 1. The SMILES string of the molecule is CCCc1ccc(NCC(C)(C)C(=O)O)nn1. The van der Waals surface area contributed by atoms with Gasteiger partial charge in [0, 0.05) is 6.54 Å². The maximum absolute atomic E-state index is 10.9. The molecule has 17 heavy (non-hydrogen) atoms. The van der Waals surface area contributed by atoms with Gasteiger partial charge < -0.3 is 10.4 Å². The van der Waals surface area contributed by atoms with Crippen LogP contribution in [0.1, 0.15) is 32.9 Å². The maximum Gasteiger partial charge on any atom is 0.310 e. The molecule has 0 aliphatic rings. The molecule has 0 aromatic carbocycles. The highest BCUT2D eigenvalue weighted by molar-refractivity contribution is 5.74. The molecule has 0 fully saturated rings. The summed E-state index contributed by atoms with van der Waals surface area (Å²) in [5.74, 6) is -0.222. The van der Waals surface area contributed by atoms with Crippen molar-refractivity contribution in [2.45, 2.75) is 33.6 Å². The van der Waals surface area contributed by atoms with Gasteiger partial charge in [0.2, 0.25) is 0 Å². The lowest BCUT2D eigenvalue weighted by atomic mass is 9.94. The van der Waals surface area contributed by atoms with Crippen LogP contribution in [0, 0.1) is 5.41 Å². The van der Waals surface area contributed by atoms with Crippen LogP contribution in [-0.2, 0) is 11.2 Å². The molecule has 94 valence electrons. The summed E-state index contributed by atoms with van der Waals surface area (Å²) < 4.78 is 0. The molecule has 1 rings (SSSR count). The molecular formula is C12H19N3O2. The molecular weight excluding hydrogens is 218 g/mol. The fourth-order valence-electron chi connectivity index (χ4n) is 1.23. The lowest BCUT2D eigenvalue weighted by molar-refractivity contribution is -0.146. The fraction of sp³-hybridized carbons (Fsp3) is 0.583. The highest BCUT2D eigenvalue weighted by Crippen LogP contribution is 2.15. The van der Waals surface area contributed by atoms with Crippen LogP contribution in [0.2, 0.25) is 0 Å². The molecule has 0 atom stereocenters. The average molecular weight is 237 g/mol. The van der Waals surface area contributed by atoms with E-state index in [1.165, 1.54) is 0 Å². The summed E-state index contributed by atoms with van der Waals surface area (Å²) in [5, 5.41) is 20.0. The summed E-state index contributed by atoms with van der Waals surface area (Å²) in [4.78, 5) is 10.9. The summed E-state index contributed by atoms with van der Waals surface area (Å²) in [6.45, 7) is 5.75. The lowest BCUT2D eigenvalue weighted by Gasteiger charge is -2.19. The van der Waals surface area contributed by atoms with Crippen molar-refractivity contribution in [1.29, 1.82) is 0 Å². The number of aryl methyl sites for hydroxylation is 1. The Morgan fingerprint density at radius 1 is 1.41 bits per heavy atom. The van der Waals surface area contributed by atoms with E-state index in [1.54, 1.807) is 13.8 Å². The minimum atomic E-state index is -0.833. The van der Waals surface area contributed by atoms with E-state index in [0.717, 1.165) is 18.5 Å². The van der Waals surface area contributed by atoms with Crippen LogP contribution in [0.3, 0.4) is 0 Å². The predicted octanol–water partition coefficient (Wildman–Crippen LogP) is 1.95. The minimum absolute atomic E-state index is 0.324. The molecule has 0 saturated heterocycles. The molecule has 0 aliphatic carbocycles. The van der Waals surface area contributed by atoms with E-state index in [2.05, 4.69) is 22.4 Å². The van der Waals surface area contributed by atoms with E-state index in [4.69, 9.17) is 5.11 Å². The first kappa shape index (κ1) is 13.4. The molecule has 5 nitrogen and oxygen atoms in total. The van der Waals surface area contributed by atoms with Gasteiger partial charge in [0.1, 0.15) is 5.82 Å². The third-order valence-corrected chi connectivity index (χ3v) is 2.52. The van der Waals surface area contributed by atoms with Crippen molar-refractivity contribution in [3.63, 3.8) is 0 Å². The van der Waals surface area contributed by atoms with Crippen molar-refractivity contribution in [1.82, 2.24) is 10.2 Å². The Balaban J connectivity index is 2.55. The van der Waals surface area contributed by atoms with Gasteiger partial charge in [0.05, 0.1) is 11.1 Å². The van der Waals surface area contributed by atoms with Crippen molar-refractivity contribution >= 4 is 11.8 Å². The van der Waals surface area contributed by atoms with Gasteiger partial charge in [-0.25, -0.2) is 0 Å². The highest BCUT2D eigenvalue weighted by Gasteiger charge is 2.26. The Morgan fingerprint density at radius 3 is 2.59 bits per heavy atom. The molecule has 2 N–H and O–H groups in total. The summed E-state index contributed by atoms with van der Waals surface area (Å²) in [5.41, 5.74) is 0.139. The van der Waals surface area contributed by atoms with E-state index in [0.29, 0.717) is 12.4 Å². The summed E-state index contributed by atoms with van der Waals surface area (Å²) >= 11 is 0. The number of nitrogens with one attached hydrogen (secondary N) is 1. The first-order chi connectivity index (χ1) is 7.95. The van der Waals surface area contributed by atoms with Crippen molar-refractivity contribution in [3.8, 4) is 0 Å². The molecule has 1 aromatic rings. The normalized spacial score (nSPS) is 11.2. The number of anilines is 1. The average Bonchev–Trinajstić information content (AvgIpc) is 2.28. The largest absolute Gasteiger partial charge is 0.481 e. The first-order valence-corrected chi connectivity index (χ1v) is 5.75. The number of aromatic nitrogens is 2. The lowest BCUT2D eigenvalue weighted by Crippen LogP contribution is -2.32. The molecule has 0 saturated carbocycles. The first-order valence-electron chi connectivity index (χ1n) is 5.75. The number of carboxylic acid groups (broad SMARTS) is 1. The summed E-state index contributed by atoms with van der Waals surface area (Å²) in [6, 6.07) is 3.74. The van der Waals surface area contributed by atoms with Crippen molar-refractivity contribution < 1.29 is 9.90 Å². The number of carboxylic acids is 1. The van der Waals surface area contributed by atoms with Crippen LogP contribution < -0.4 is 5.32 Å². The van der Waals surface area contributed by atoms with Gasteiger partial charge in [0.25, 0.3) is 0 Å². The minimum Gasteiger partial charge on any atom is -0.481 e. The van der Waals surface area contributed by atoms with E-state index < -0.39 is 11.4 Å². The maximum atomic E-state index is 10.9. The number of carbonyl (C=O) groups is 1. The quantitative estimate of drug-likeness (QED) is 0.791. The Kier molecular flexibility index (Phi) is 4.43.